The number of carbonyl (C=O) groups is 1. The van der Waals surface area contributed by atoms with E-state index < -0.39 is 0 Å². The van der Waals surface area contributed by atoms with Gasteiger partial charge in [-0.25, -0.2) is 0 Å². The average molecular weight is 395 g/mol. The minimum absolute atomic E-state index is 0.0342. The molecule has 2 aromatic carbocycles. The molecule has 146 valence electrons. The van der Waals surface area contributed by atoms with Crippen molar-refractivity contribution in [1.82, 2.24) is 14.8 Å². The standard InChI is InChI=1S/C22H26N4OS/c1-5-26-21(17-11-7-6-8-12-17)24-25-22(26)28-14-19(27)23-20-16(4)10-9-13-18(20)15(2)3/h6-13,15H,5,14H2,1-4H3,(H,23,27). The second-order valence-corrected chi connectivity index (χ2v) is 7.89. The van der Waals surface area contributed by atoms with E-state index in [0.717, 1.165) is 39.9 Å². The first-order chi connectivity index (χ1) is 13.5. The Kier molecular flexibility index (Phi) is 6.52. The van der Waals surface area contributed by atoms with Gasteiger partial charge < -0.3 is 9.88 Å². The van der Waals surface area contributed by atoms with Crippen LogP contribution in [0.3, 0.4) is 0 Å². The lowest BCUT2D eigenvalue weighted by Crippen LogP contribution is -2.17. The van der Waals surface area contributed by atoms with Crippen molar-refractivity contribution in [2.45, 2.75) is 45.3 Å². The van der Waals surface area contributed by atoms with Crippen LogP contribution < -0.4 is 5.32 Å². The second-order valence-electron chi connectivity index (χ2n) is 6.95. The smallest absolute Gasteiger partial charge is 0.234 e. The van der Waals surface area contributed by atoms with Crippen molar-refractivity contribution in [3.63, 3.8) is 0 Å². The van der Waals surface area contributed by atoms with Gasteiger partial charge in [0.05, 0.1) is 5.75 Å². The number of thioether (sulfide) groups is 1. The molecule has 1 amide bonds. The van der Waals surface area contributed by atoms with Crippen molar-refractivity contribution in [2.75, 3.05) is 11.1 Å². The number of para-hydroxylation sites is 1. The summed E-state index contributed by atoms with van der Waals surface area (Å²) in [5.41, 5.74) is 4.17. The molecule has 0 aliphatic rings. The lowest BCUT2D eigenvalue weighted by Gasteiger charge is -2.16. The molecule has 28 heavy (non-hydrogen) atoms. The van der Waals surface area contributed by atoms with Gasteiger partial charge in [0.25, 0.3) is 0 Å². The highest BCUT2D eigenvalue weighted by Gasteiger charge is 2.16. The molecule has 1 N–H and O–H groups in total. The van der Waals surface area contributed by atoms with Gasteiger partial charge in [-0.05, 0) is 30.9 Å². The summed E-state index contributed by atoms with van der Waals surface area (Å²) in [6.07, 6.45) is 0. The fraction of sp³-hybridized carbons (Fsp3) is 0.318. The number of aromatic nitrogens is 3. The summed E-state index contributed by atoms with van der Waals surface area (Å²) in [5, 5.41) is 12.5. The Morgan fingerprint density at radius 1 is 1.11 bits per heavy atom. The average Bonchev–Trinajstić information content (AvgIpc) is 3.11. The van der Waals surface area contributed by atoms with Crippen LogP contribution in [0.25, 0.3) is 11.4 Å². The van der Waals surface area contributed by atoms with Gasteiger partial charge in [-0.15, -0.1) is 10.2 Å². The predicted octanol–water partition coefficient (Wildman–Crippen LogP) is 5.13. The first kappa shape index (κ1) is 20.1. The molecule has 3 rings (SSSR count). The number of hydrogen-bond acceptors (Lipinski definition) is 4. The summed E-state index contributed by atoms with van der Waals surface area (Å²) in [6, 6.07) is 16.1. The van der Waals surface area contributed by atoms with E-state index in [0.29, 0.717) is 11.7 Å². The highest BCUT2D eigenvalue weighted by atomic mass is 32.2. The maximum Gasteiger partial charge on any atom is 0.234 e. The van der Waals surface area contributed by atoms with Crippen LogP contribution >= 0.6 is 11.8 Å². The van der Waals surface area contributed by atoms with Gasteiger partial charge >= 0.3 is 0 Å². The van der Waals surface area contributed by atoms with E-state index in [1.54, 1.807) is 0 Å². The maximum atomic E-state index is 12.6. The largest absolute Gasteiger partial charge is 0.325 e. The summed E-state index contributed by atoms with van der Waals surface area (Å²) >= 11 is 1.41. The summed E-state index contributed by atoms with van der Waals surface area (Å²) in [7, 11) is 0. The summed E-state index contributed by atoms with van der Waals surface area (Å²) < 4.78 is 2.04. The Balaban J connectivity index is 1.72. The van der Waals surface area contributed by atoms with E-state index in [4.69, 9.17) is 0 Å². The molecule has 0 saturated heterocycles. The van der Waals surface area contributed by atoms with Crippen LogP contribution in [0, 0.1) is 6.92 Å². The third-order valence-electron chi connectivity index (χ3n) is 4.59. The SMILES string of the molecule is CCn1c(SCC(=O)Nc2c(C)cccc2C(C)C)nnc1-c1ccccc1. The number of anilines is 1. The Morgan fingerprint density at radius 2 is 1.86 bits per heavy atom. The van der Waals surface area contributed by atoms with Crippen LogP contribution in [0.1, 0.15) is 37.8 Å². The van der Waals surface area contributed by atoms with Gasteiger partial charge in [0.2, 0.25) is 5.91 Å². The molecule has 0 aliphatic heterocycles. The minimum atomic E-state index is -0.0342. The quantitative estimate of drug-likeness (QED) is 0.565. The Bertz CT molecular complexity index is 950. The third kappa shape index (κ3) is 4.44. The van der Waals surface area contributed by atoms with Crippen LogP contribution in [0.15, 0.2) is 53.7 Å². The highest BCUT2D eigenvalue weighted by molar-refractivity contribution is 7.99. The number of nitrogens with zero attached hydrogens (tertiary/aromatic N) is 3. The van der Waals surface area contributed by atoms with E-state index in [1.807, 2.05) is 54.0 Å². The molecule has 1 heterocycles. The van der Waals surface area contributed by atoms with Crippen LogP contribution in [0.5, 0.6) is 0 Å². The molecule has 3 aromatic rings. The van der Waals surface area contributed by atoms with Gasteiger partial charge in [0.1, 0.15) is 0 Å². The summed E-state index contributed by atoms with van der Waals surface area (Å²) in [5.74, 6) is 1.43. The minimum Gasteiger partial charge on any atom is -0.325 e. The topological polar surface area (TPSA) is 59.8 Å². The number of rotatable bonds is 7. The van der Waals surface area contributed by atoms with Crippen LogP contribution in [-0.4, -0.2) is 26.4 Å². The summed E-state index contributed by atoms with van der Waals surface area (Å²) in [6.45, 7) is 9.09. The van der Waals surface area contributed by atoms with Crippen molar-refractivity contribution >= 4 is 23.4 Å². The van der Waals surface area contributed by atoms with Gasteiger partial charge in [-0.2, -0.15) is 0 Å². The molecule has 0 aliphatic carbocycles. The molecular weight excluding hydrogens is 368 g/mol. The zero-order valence-electron chi connectivity index (χ0n) is 16.8. The fourth-order valence-corrected chi connectivity index (χ4v) is 3.93. The highest BCUT2D eigenvalue weighted by Crippen LogP contribution is 2.28. The van der Waals surface area contributed by atoms with Crippen LogP contribution in [0.2, 0.25) is 0 Å². The lowest BCUT2D eigenvalue weighted by atomic mass is 9.98. The second kappa shape index (κ2) is 9.06. The normalized spacial score (nSPS) is 11.0. The number of hydrogen-bond donors (Lipinski definition) is 1. The number of nitrogens with one attached hydrogen (secondary N) is 1. The number of benzene rings is 2. The molecule has 0 spiro atoms. The summed E-state index contributed by atoms with van der Waals surface area (Å²) in [4.78, 5) is 12.6. The van der Waals surface area contributed by atoms with Crippen molar-refractivity contribution in [2.24, 2.45) is 0 Å². The zero-order valence-corrected chi connectivity index (χ0v) is 17.6. The molecular formula is C22H26N4OS. The zero-order chi connectivity index (χ0) is 20.1. The van der Waals surface area contributed by atoms with E-state index >= 15 is 0 Å². The number of carbonyl (C=O) groups excluding carboxylic acids is 1. The maximum absolute atomic E-state index is 12.6. The van der Waals surface area contributed by atoms with E-state index in [-0.39, 0.29) is 5.91 Å². The predicted molar refractivity (Wildman–Crippen MR) is 116 cm³/mol. The van der Waals surface area contributed by atoms with E-state index in [1.165, 1.54) is 11.8 Å². The first-order valence-electron chi connectivity index (χ1n) is 9.52. The van der Waals surface area contributed by atoms with Gasteiger partial charge in [-0.3, -0.25) is 4.79 Å². The molecule has 0 saturated carbocycles. The molecule has 0 unspecified atom stereocenters. The van der Waals surface area contributed by atoms with Gasteiger partial charge in [0, 0.05) is 17.8 Å². The molecule has 0 radical (unpaired) electrons. The fourth-order valence-electron chi connectivity index (χ4n) is 3.13. The molecule has 1 aromatic heterocycles. The third-order valence-corrected chi connectivity index (χ3v) is 5.56. The first-order valence-corrected chi connectivity index (χ1v) is 10.5. The Morgan fingerprint density at radius 3 is 2.54 bits per heavy atom. The lowest BCUT2D eigenvalue weighted by molar-refractivity contribution is -0.113. The van der Waals surface area contributed by atoms with Crippen molar-refractivity contribution in [1.29, 1.82) is 0 Å². The molecule has 6 heteroatoms. The van der Waals surface area contributed by atoms with Gasteiger partial charge in [-0.1, -0.05) is 74.1 Å². The Labute approximate surface area is 170 Å². The molecule has 0 atom stereocenters. The van der Waals surface area contributed by atoms with Crippen LogP contribution in [0.4, 0.5) is 5.69 Å². The van der Waals surface area contributed by atoms with Crippen molar-refractivity contribution in [3.05, 3.63) is 59.7 Å². The van der Waals surface area contributed by atoms with Gasteiger partial charge in [0.15, 0.2) is 11.0 Å². The van der Waals surface area contributed by atoms with Crippen molar-refractivity contribution < 1.29 is 4.79 Å². The number of aryl methyl sites for hydroxylation is 1. The Hall–Kier alpha value is -2.60. The molecule has 0 bridgehead atoms. The van der Waals surface area contributed by atoms with Crippen molar-refractivity contribution in [3.8, 4) is 11.4 Å². The molecule has 0 fully saturated rings. The molecule has 5 nitrogen and oxygen atoms in total. The van der Waals surface area contributed by atoms with E-state index in [9.17, 15) is 4.79 Å². The van der Waals surface area contributed by atoms with E-state index in [2.05, 4.69) is 42.4 Å². The monoisotopic (exact) mass is 394 g/mol. The number of amides is 1. The van der Waals surface area contributed by atoms with Crippen LogP contribution in [-0.2, 0) is 11.3 Å².